The molecular weight excluding hydrogens is 208 g/mol. The zero-order chi connectivity index (χ0) is 11.4. The third-order valence-corrected chi connectivity index (χ3v) is 2.08. The summed E-state index contributed by atoms with van der Waals surface area (Å²) in [6.45, 7) is -0.214. The molecule has 0 unspecified atom stereocenters. The topological polar surface area (TPSA) is 98.1 Å². The van der Waals surface area contributed by atoms with Crippen molar-refractivity contribution in [1.29, 1.82) is 0 Å². The van der Waals surface area contributed by atoms with Crippen LogP contribution in [0.3, 0.4) is 0 Å². The molecule has 2 rings (SSSR count). The Morgan fingerprint density at radius 1 is 1.50 bits per heavy atom. The molecule has 0 saturated carbocycles. The summed E-state index contributed by atoms with van der Waals surface area (Å²) in [5, 5.41) is 12.6. The third kappa shape index (κ3) is 2.41. The Balaban J connectivity index is 2.09. The van der Waals surface area contributed by atoms with Crippen molar-refractivity contribution in [3.8, 4) is 0 Å². The van der Waals surface area contributed by atoms with E-state index < -0.39 is 6.04 Å². The number of pyridine rings is 1. The average Bonchev–Trinajstić information content (AvgIpc) is 2.78. The van der Waals surface area contributed by atoms with Gasteiger partial charge in [-0.3, -0.25) is 4.98 Å². The molecule has 3 N–H and O–H groups in total. The van der Waals surface area contributed by atoms with Crippen LogP contribution in [-0.2, 0) is 6.42 Å². The molecule has 0 radical (unpaired) electrons. The van der Waals surface area contributed by atoms with E-state index in [1.54, 1.807) is 12.4 Å². The van der Waals surface area contributed by atoms with Gasteiger partial charge in [0.25, 0.3) is 0 Å². The first kappa shape index (κ1) is 10.7. The average molecular weight is 220 g/mol. The highest BCUT2D eigenvalue weighted by Gasteiger charge is 2.13. The lowest BCUT2D eigenvalue weighted by Gasteiger charge is -1.98. The van der Waals surface area contributed by atoms with Crippen molar-refractivity contribution in [2.24, 2.45) is 5.73 Å². The summed E-state index contributed by atoms with van der Waals surface area (Å²) in [6.07, 6.45) is 3.98. The maximum atomic E-state index is 8.82. The van der Waals surface area contributed by atoms with Crippen molar-refractivity contribution >= 4 is 0 Å². The lowest BCUT2D eigenvalue weighted by atomic mass is 10.2. The lowest BCUT2D eigenvalue weighted by Crippen LogP contribution is -2.14. The van der Waals surface area contributed by atoms with Gasteiger partial charge in [0.2, 0.25) is 5.89 Å². The van der Waals surface area contributed by atoms with Crippen LogP contribution in [0.1, 0.15) is 23.3 Å². The van der Waals surface area contributed by atoms with E-state index in [4.69, 9.17) is 15.4 Å². The zero-order valence-electron chi connectivity index (χ0n) is 8.58. The number of hydrogen-bond donors (Lipinski definition) is 2. The number of hydrogen-bond acceptors (Lipinski definition) is 6. The molecule has 0 fully saturated rings. The standard InChI is InChI=1S/C10H12N4O2/c11-8(6-15)10-13-9(14-16-10)4-7-2-1-3-12-5-7/h1-3,5,8,15H,4,6,11H2/t8-/m1/s1. The van der Waals surface area contributed by atoms with Crippen LogP contribution in [-0.4, -0.2) is 26.8 Å². The van der Waals surface area contributed by atoms with Crippen molar-refractivity contribution < 1.29 is 9.63 Å². The molecule has 2 aromatic rings. The van der Waals surface area contributed by atoms with Crippen molar-refractivity contribution in [2.45, 2.75) is 12.5 Å². The summed E-state index contributed by atoms with van der Waals surface area (Å²) < 4.78 is 4.92. The number of aliphatic hydroxyl groups excluding tert-OH is 1. The molecule has 0 amide bonds. The summed E-state index contributed by atoms with van der Waals surface area (Å²) >= 11 is 0. The summed E-state index contributed by atoms with van der Waals surface area (Å²) in [4.78, 5) is 8.07. The Kier molecular flexibility index (Phi) is 3.23. The van der Waals surface area contributed by atoms with E-state index in [0.29, 0.717) is 12.2 Å². The van der Waals surface area contributed by atoms with Gasteiger partial charge in [-0.05, 0) is 11.6 Å². The van der Waals surface area contributed by atoms with Gasteiger partial charge in [-0.15, -0.1) is 0 Å². The minimum Gasteiger partial charge on any atom is -0.394 e. The molecule has 84 valence electrons. The molecule has 0 aliphatic carbocycles. The number of aliphatic hydroxyl groups is 1. The van der Waals surface area contributed by atoms with Crippen LogP contribution in [0.2, 0.25) is 0 Å². The van der Waals surface area contributed by atoms with E-state index in [0.717, 1.165) is 5.56 Å². The molecule has 0 aliphatic heterocycles. The summed E-state index contributed by atoms with van der Waals surface area (Å²) in [5.41, 5.74) is 6.54. The highest BCUT2D eigenvalue weighted by Crippen LogP contribution is 2.09. The first-order chi connectivity index (χ1) is 7.79. The number of nitrogens with two attached hydrogens (primary N) is 1. The van der Waals surface area contributed by atoms with E-state index in [1.165, 1.54) is 0 Å². The maximum Gasteiger partial charge on any atom is 0.245 e. The van der Waals surface area contributed by atoms with Gasteiger partial charge in [-0.25, -0.2) is 0 Å². The Labute approximate surface area is 92.1 Å². The molecule has 0 aliphatic rings. The van der Waals surface area contributed by atoms with Gasteiger partial charge in [0, 0.05) is 18.8 Å². The van der Waals surface area contributed by atoms with Gasteiger partial charge in [0.05, 0.1) is 6.61 Å². The zero-order valence-corrected chi connectivity index (χ0v) is 8.58. The van der Waals surface area contributed by atoms with Crippen LogP contribution in [0.15, 0.2) is 29.0 Å². The highest BCUT2D eigenvalue weighted by atomic mass is 16.5. The second kappa shape index (κ2) is 4.82. The number of rotatable bonds is 4. The van der Waals surface area contributed by atoms with Gasteiger partial charge in [0.15, 0.2) is 5.82 Å². The fourth-order valence-corrected chi connectivity index (χ4v) is 1.25. The van der Waals surface area contributed by atoms with Crippen LogP contribution in [0, 0.1) is 0 Å². The van der Waals surface area contributed by atoms with Crippen LogP contribution >= 0.6 is 0 Å². The van der Waals surface area contributed by atoms with Crippen molar-refractivity contribution in [3.63, 3.8) is 0 Å². The summed E-state index contributed by atoms with van der Waals surface area (Å²) in [5.74, 6) is 0.785. The van der Waals surface area contributed by atoms with Gasteiger partial charge in [-0.2, -0.15) is 4.98 Å². The minimum absolute atomic E-state index is 0.214. The predicted octanol–water partition coefficient (Wildman–Crippen LogP) is 0.0475. The molecule has 6 heteroatoms. The normalized spacial score (nSPS) is 12.6. The molecule has 0 bridgehead atoms. The lowest BCUT2D eigenvalue weighted by molar-refractivity contribution is 0.236. The van der Waals surface area contributed by atoms with Gasteiger partial charge >= 0.3 is 0 Å². The van der Waals surface area contributed by atoms with Crippen LogP contribution in [0.25, 0.3) is 0 Å². The van der Waals surface area contributed by atoms with Gasteiger partial charge in [-0.1, -0.05) is 11.2 Å². The van der Waals surface area contributed by atoms with E-state index in [2.05, 4.69) is 15.1 Å². The van der Waals surface area contributed by atoms with E-state index >= 15 is 0 Å². The molecule has 0 aromatic carbocycles. The van der Waals surface area contributed by atoms with Crippen LogP contribution < -0.4 is 5.73 Å². The van der Waals surface area contributed by atoms with Crippen molar-refractivity contribution in [2.75, 3.05) is 6.61 Å². The van der Waals surface area contributed by atoms with Gasteiger partial charge in [0.1, 0.15) is 6.04 Å². The predicted molar refractivity (Wildman–Crippen MR) is 55.4 cm³/mol. The Morgan fingerprint density at radius 3 is 3.06 bits per heavy atom. The van der Waals surface area contributed by atoms with E-state index in [1.807, 2.05) is 12.1 Å². The van der Waals surface area contributed by atoms with Crippen molar-refractivity contribution in [1.82, 2.24) is 15.1 Å². The summed E-state index contributed by atoms with van der Waals surface area (Å²) in [6, 6.07) is 3.15. The molecule has 16 heavy (non-hydrogen) atoms. The Morgan fingerprint density at radius 2 is 2.38 bits per heavy atom. The summed E-state index contributed by atoms with van der Waals surface area (Å²) in [7, 11) is 0. The molecule has 0 spiro atoms. The third-order valence-electron chi connectivity index (χ3n) is 2.08. The molecule has 0 saturated heterocycles. The Bertz CT molecular complexity index is 443. The molecule has 6 nitrogen and oxygen atoms in total. The number of nitrogens with zero attached hydrogens (tertiary/aromatic N) is 3. The maximum absolute atomic E-state index is 8.82. The second-order valence-electron chi connectivity index (χ2n) is 3.38. The van der Waals surface area contributed by atoms with Crippen LogP contribution in [0.4, 0.5) is 0 Å². The SMILES string of the molecule is N[C@H](CO)c1nc(Cc2cccnc2)no1. The smallest absolute Gasteiger partial charge is 0.245 e. The number of aromatic nitrogens is 3. The first-order valence-corrected chi connectivity index (χ1v) is 4.87. The largest absolute Gasteiger partial charge is 0.394 e. The molecule has 2 heterocycles. The molecule has 1 atom stereocenters. The molecule has 2 aromatic heterocycles. The van der Waals surface area contributed by atoms with Crippen LogP contribution in [0.5, 0.6) is 0 Å². The minimum atomic E-state index is -0.616. The highest BCUT2D eigenvalue weighted by molar-refractivity contribution is 5.13. The molecular formula is C10H12N4O2. The van der Waals surface area contributed by atoms with E-state index in [-0.39, 0.29) is 12.5 Å². The van der Waals surface area contributed by atoms with Gasteiger partial charge < -0.3 is 15.4 Å². The monoisotopic (exact) mass is 220 g/mol. The fraction of sp³-hybridized carbons (Fsp3) is 0.300. The second-order valence-corrected chi connectivity index (χ2v) is 3.38. The van der Waals surface area contributed by atoms with E-state index in [9.17, 15) is 0 Å². The first-order valence-electron chi connectivity index (χ1n) is 4.87. The Hall–Kier alpha value is -1.79. The fourth-order valence-electron chi connectivity index (χ4n) is 1.25. The quantitative estimate of drug-likeness (QED) is 0.755. The van der Waals surface area contributed by atoms with Crippen molar-refractivity contribution in [3.05, 3.63) is 41.8 Å².